The van der Waals surface area contributed by atoms with Gasteiger partial charge in [-0.25, -0.2) is 4.85 Å². The van der Waals surface area contributed by atoms with Gasteiger partial charge in [0.25, 0.3) is 11.4 Å². The van der Waals surface area contributed by atoms with Gasteiger partial charge in [-0.2, -0.15) is 0 Å². The van der Waals surface area contributed by atoms with Crippen molar-refractivity contribution >= 4 is 11.4 Å². The summed E-state index contributed by atoms with van der Waals surface area (Å²) in [4.78, 5) is 12.8. The lowest BCUT2D eigenvalue weighted by atomic mass is 10.2. The van der Waals surface area contributed by atoms with Crippen LogP contribution in [0.3, 0.4) is 0 Å². The Labute approximate surface area is 74.5 Å². The van der Waals surface area contributed by atoms with E-state index in [2.05, 4.69) is 4.85 Å². The minimum absolute atomic E-state index is 0.00986. The number of hydrogen-bond donors (Lipinski definition) is 0. The number of ether oxygens (including phenoxy) is 1. The highest BCUT2D eigenvalue weighted by molar-refractivity contribution is 5.64. The largest absolute Gasteiger partial charge is 0.498 e. The lowest BCUT2D eigenvalue weighted by Crippen LogP contribution is -1.89. The molecule has 5 heteroatoms. The Morgan fingerprint density at radius 2 is 2.31 bits per heavy atom. The van der Waals surface area contributed by atoms with E-state index in [9.17, 15) is 10.1 Å². The molecule has 0 heterocycles. The van der Waals surface area contributed by atoms with E-state index in [1.807, 2.05) is 0 Å². The molecule has 0 fully saturated rings. The van der Waals surface area contributed by atoms with Gasteiger partial charge < -0.3 is 4.74 Å². The zero-order chi connectivity index (χ0) is 9.84. The van der Waals surface area contributed by atoms with Crippen LogP contribution in [0.1, 0.15) is 0 Å². The molecule has 0 bridgehead atoms. The molecule has 0 aliphatic heterocycles. The Hall–Kier alpha value is -2.09. The van der Waals surface area contributed by atoms with Gasteiger partial charge in [0.1, 0.15) is 5.75 Å². The molecule has 1 aromatic rings. The van der Waals surface area contributed by atoms with Crippen molar-refractivity contribution in [2.45, 2.75) is 0 Å². The van der Waals surface area contributed by atoms with Crippen molar-refractivity contribution < 1.29 is 9.66 Å². The summed E-state index contributed by atoms with van der Waals surface area (Å²) >= 11 is 0. The van der Waals surface area contributed by atoms with E-state index < -0.39 is 4.92 Å². The monoisotopic (exact) mass is 178 g/mol. The second kappa shape index (κ2) is 3.54. The standard InChI is InChI=1S/C8H6N2O3/c1-9-7-5-6(13-2)3-4-8(7)10(11)12/h3-5H,2H3. The van der Waals surface area contributed by atoms with Crippen LogP contribution >= 0.6 is 0 Å². The predicted octanol–water partition coefficient (Wildman–Crippen LogP) is 2.15. The van der Waals surface area contributed by atoms with E-state index in [0.717, 1.165) is 0 Å². The smallest absolute Gasteiger partial charge is 0.279 e. The minimum Gasteiger partial charge on any atom is -0.498 e. The molecule has 0 radical (unpaired) electrons. The Balaban J connectivity index is 3.26. The van der Waals surface area contributed by atoms with Gasteiger partial charge in [-0.1, -0.05) is 0 Å². The number of hydrogen-bond acceptors (Lipinski definition) is 3. The maximum absolute atomic E-state index is 10.4. The number of nitro groups is 1. The molecule has 0 saturated carbocycles. The lowest BCUT2D eigenvalue weighted by molar-refractivity contribution is -0.383. The van der Waals surface area contributed by atoms with Crippen molar-refractivity contribution in [1.29, 1.82) is 0 Å². The van der Waals surface area contributed by atoms with Crippen molar-refractivity contribution in [2.75, 3.05) is 7.11 Å². The SMILES string of the molecule is [C-]#[N+]c1cc(OC)ccc1[N+](=O)[O-]. The van der Waals surface area contributed by atoms with Crippen molar-refractivity contribution in [2.24, 2.45) is 0 Å². The van der Waals surface area contributed by atoms with Crippen LogP contribution in [-0.2, 0) is 0 Å². The first-order valence-electron chi connectivity index (χ1n) is 3.39. The number of nitro benzene ring substituents is 1. The summed E-state index contributed by atoms with van der Waals surface area (Å²) in [6, 6.07) is 4.05. The Bertz CT molecular complexity index is 381. The predicted molar refractivity (Wildman–Crippen MR) is 45.9 cm³/mol. The van der Waals surface area contributed by atoms with Crippen LogP contribution < -0.4 is 4.74 Å². The molecule has 1 aromatic carbocycles. The van der Waals surface area contributed by atoms with E-state index in [1.165, 1.54) is 25.3 Å². The second-order valence-corrected chi connectivity index (χ2v) is 2.22. The van der Waals surface area contributed by atoms with Gasteiger partial charge in [-0.15, -0.1) is 0 Å². The van der Waals surface area contributed by atoms with Gasteiger partial charge in [-0.05, 0) is 12.1 Å². The highest BCUT2D eigenvalue weighted by Gasteiger charge is 2.13. The molecule has 66 valence electrons. The molecule has 0 saturated heterocycles. The van der Waals surface area contributed by atoms with Crippen LogP contribution in [0.5, 0.6) is 5.75 Å². The van der Waals surface area contributed by atoms with Crippen LogP contribution in [0.4, 0.5) is 11.4 Å². The van der Waals surface area contributed by atoms with Crippen LogP contribution in [0.2, 0.25) is 0 Å². The molecule has 0 N–H and O–H groups in total. The molecule has 13 heavy (non-hydrogen) atoms. The van der Waals surface area contributed by atoms with Gasteiger partial charge in [0.2, 0.25) is 0 Å². The fraction of sp³-hybridized carbons (Fsp3) is 0.125. The molecule has 0 aromatic heterocycles. The lowest BCUT2D eigenvalue weighted by Gasteiger charge is -1.99. The van der Waals surface area contributed by atoms with E-state index in [-0.39, 0.29) is 11.4 Å². The average molecular weight is 178 g/mol. The molecule has 0 amide bonds. The first kappa shape index (κ1) is 9.00. The van der Waals surface area contributed by atoms with Crippen molar-refractivity contribution in [3.63, 3.8) is 0 Å². The first-order chi connectivity index (χ1) is 6.19. The third-order valence-electron chi connectivity index (χ3n) is 1.50. The van der Waals surface area contributed by atoms with Gasteiger partial charge in [-0.3, -0.25) is 10.1 Å². The van der Waals surface area contributed by atoms with Crippen LogP contribution in [0.25, 0.3) is 4.85 Å². The average Bonchev–Trinajstić information content (AvgIpc) is 2.16. The van der Waals surface area contributed by atoms with E-state index >= 15 is 0 Å². The Morgan fingerprint density at radius 1 is 1.62 bits per heavy atom. The van der Waals surface area contributed by atoms with Gasteiger partial charge in [0.15, 0.2) is 0 Å². The third kappa shape index (κ3) is 1.73. The van der Waals surface area contributed by atoms with Crippen LogP contribution in [0, 0.1) is 16.7 Å². The molecule has 0 aliphatic carbocycles. The number of methoxy groups -OCH3 is 1. The van der Waals surface area contributed by atoms with E-state index in [4.69, 9.17) is 11.3 Å². The molecule has 1 rings (SSSR count). The van der Waals surface area contributed by atoms with Gasteiger partial charge in [0.05, 0.1) is 18.6 Å². The van der Waals surface area contributed by atoms with E-state index in [1.54, 1.807) is 0 Å². The second-order valence-electron chi connectivity index (χ2n) is 2.22. The summed E-state index contributed by atoms with van der Waals surface area (Å²) < 4.78 is 4.83. The van der Waals surface area contributed by atoms with Gasteiger partial charge >= 0.3 is 0 Å². The summed E-state index contributed by atoms with van der Waals surface area (Å²) in [5.74, 6) is 0.441. The summed E-state index contributed by atoms with van der Waals surface area (Å²) in [5.41, 5.74) is -0.208. The van der Waals surface area contributed by atoms with E-state index in [0.29, 0.717) is 5.75 Å². The quantitative estimate of drug-likeness (QED) is 0.396. The minimum atomic E-state index is -0.590. The maximum atomic E-state index is 10.4. The summed E-state index contributed by atoms with van der Waals surface area (Å²) in [7, 11) is 1.44. The maximum Gasteiger partial charge on any atom is 0.279 e. The van der Waals surface area contributed by atoms with Crippen molar-refractivity contribution in [1.82, 2.24) is 0 Å². The zero-order valence-corrected chi connectivity index (χ0v) is 6.85. The van der Waals surface area contributed by atoms with Gasteiger partial charge in [0, 0.05) is 6.07 Å². The molecule has 5 nitrogen and oxygen atoms in total. The molecule has 0 spiro atoms. The highest BCUT2D eigenvalue weighted by atomic mass is 16.6. The molecule has 0 atom stereocenters. The summed E-state index contributed by atoms with van der Waals surface area (Å²) in [6.07, 6.45) is 0. The van der Waals surface area contributed by atoms with Crippen LogP contribution in [-0.4, -0.2) is 12.0 Å². The summed E-state index contributed by atoms with van der Waals surface area (Å²) in [5, 5.41) is 10.4. The Kier molecular flexibility index (Phi) is 2.45. The summed E-state index contributed by atoms with van der Waals surface area (Å²) in [6.45, 7) is 6.71. The number of benzene rings is 1. The van der Waals surface area contributed by atoms with Crippen LogP contribution in [0.15, 0.2) is 18.2 Å². The first-order valence-corrected chi connectivity index (χ1v) is 3.39. The third-order valence-corrected chi connectivity index (χ3v) is 1.50. The highest BCUT2D eigenvalue weighted by Crippen LogP contribution is 2.30. The van der Waals surface area contributed by atoms with Crippen molar-refractivity contribution in [3.8, 4) is 5.75 Å². The normalized spacial score (nSPS) is 8.92. The fourth-order valence-corrected chi connectivity index (χ4v) is 0.874. The Morgan fingerprint density at radius 3 is 2.77 bits per heavy atom. The molecular weight excluding hydrogens is 172 g/mol. The topological polar surface area (TPSA) is 56.7 Å². The molecule has 0 unspecified atom stereocenters. The molecule has 0 aliphatic rings. The molecular formula is C8H6N2O3. The number of nitrogens with zero attached hydrogens (tertiary/aromatic N) is 2. The number of rotatable bonds is 2. The zero-order valence-electron chi connectivity index (χ0n) is 6.85. The fourth-order valence-electron chi connectivity index (χ4n) is 0.874. The van der Waals surface area contributed by atoms with Crippen molar-refractivity contribution in [3.05, 3.63) is 39.7 Å².